The highest BCUT2D eigenvalue weighted by Gasteiger charge is 2.21. The normalized spacial score (nSPS) is 16.5. The van der Waals surface area contributed by atoms with Crippen molar-refractivity contribution in [1.82, 2.24) is 5.01 Å². The number of anilines is 1. The molecule has 0 aromatic heterocycles. The second-order valence-electron chi connectivity index (χ2n) is 3.30. The van der Waals surface area contributed by atoms with E-state index in [2.05, 4.69) is 5.43 Å². The second-order valence-corrected chi connectivity index (χ2v) is 3.30. The molecule has 1 aromatic carbocycles. The first kappa shape index (κ1) is 7.55. The van der Waals surface area contributed by atoms with Crippen molar-refractivity contribution in [3.63, 3.8) is 0 Å². The molecule has 0 spiro atoms. The molecular formula is C10H10N2O2. The lowest BCUT2D eigenvalue weighted by atomic mass is 10.1. The molecule has 2 aliphatic heterocycles. The highest BCUT2D eigenvalue weighted by Crippen LogP contribution is 2.41. The summed E-state index contributed by atoms with van der Waals surface area (Å²) in [5.41, 5.74) is 5.30. The Morgan fingerprint density at radius 3 is 3.21 bits per heavy atom. The molecule has 0 amide bonds. The molecule has 3 rings (SSSR count). The quantitative estimate of drug-likeness (QED) is 0.674. The third-order valence-electron chi connectivity index (χ3n) is 2.34. The Hall–Kier alpha value is -1.84. The lowest BCUT2D eigenvalue weighted by Crippen LogP contribution is -2.21. The number of rotatable bonds is 0. The summed E-state index contributed by atoms with van der Waals surface area (Å²) in [6.45, 7) is 0.315. The van der Waals surface area contributed by atoms with E-state index < -0.39 is 0 Å². The molecule has 0 bridgehead atoms. The van der Waals surface area contributed by atoms with Crippen LogP contribution in [0.5, 0.6) is 11.5 Å². The van der Waals surface area contributed by atoms with Gasteiger partial charge in [0.15, 0.2) is 11.5 Å². The van der Waals surface area contributed by atoms with E-state index in [-0.39, 0.29) is 0 Å². The van der Waals surface area contributed by atoms with Gasteiger partial charge in [0.25, 0.3) is 0 Å². The molecule has 2 heterocycles. The molecule has 0 unspecified atom stereocenters. The van der Waals surface area contributed by atoms with E-state index in [0.29, 0.717) is 6.79 Å². The van der Waals surface area contributed by atoms with Crippen LogP contribution in [0.3, 0.4) is 0 Å². The minimum Gasteiger partial charge on any atom is -0.454 e. The molecular weight excluding hydrogens is 180 g/mol. The van der Waals surface area contributed by atoms with Crippen LogP contribution in [-0.4, -0.2) is 18.8 Å². The van der Waals surface area contributed by atoms with Gasteiger partial charge >= 0.3 is 0 Å². The van der Waals surface area contributed by atoms with Gasteiger partial charge in [-0.3, -0.25) is 10.4 Å². The molecule has 1 N–H and O–H groups in total. The SMILES string of the molecule is CN1C=Cc2c(ccc3c2OCO3)N1. The number of hydrogen-bond donors (Lipinski definition) is 1. The van der Waals surface area contributed by atoms with Gasteiger partial charge in [-0.15, -0.1) is 0 Å². The zero-order valence-electron chi connectivity index (χ0n) is 7.78. The minimum absolute atomic E-state index is 0.315. The molecule has 4 heteroatoms. The smallest absolute Gasteiger partial charge is 0.231 e. The van der Waals surface area contributed by atoms with E-state index in [4.69, 9.17) is 9.47 Å². The summed E-state index contributed by atoms with van der Waals surface area (Å²) in [7, 11) is 1.95. The predicted octanol–water partition coefficient (Wildman–Crippen LogP) is 1.66. The maximum absolute atomic E-state index is 5.40. The predicted molar refractivity (Wildman–Crippen MR) is 53.0 cm³/mol. The summed E-state index contributed by atoms with van der Waals surface area (Å²) >= 11 is 0. The van der Waals surface area contributed by atoms with Gasteiger partial charge in [0.1, 0.15) is 0 Å². The van der Waals surface area contributed by atoms with Crippen LogP contribution in [0.2, 0.25) is 0 Å². The van der Waals surface area contributed by atoms with Crippen LogP contribution in [0, 0.1) is 0 Å². The lowest BCUT2D eigenvalue weighted by Gasteiger charge is -2.23. The van der Waals surface area contributed by atoms with E-state index in [9.17, 15) is 0 Å². The molecule has 0 radical (unpaired) electrons. The Balaban J connectivity index is 2.17. The van der Waals surface area contributed by atoms with E-state index in [1.165, 1.54) is 0 Å². The first-order valence-electron chi connectivity index (χ1n) is 4.45. The van der Waals surface area contributed by atoms with Crippen LogP contribution in [0.1, 0.15) is 5.56 Å². The van der Waals surface area contributed by atoms with Crippen LogP contribution in [0.4, 0.5) is 5.69 Å². The average molecular weight is 190 g/mol. The first-order valence-corrected chi connectivity index (χ1v) is 4.45. The molecule has 4 nitrogen and oxygen atoms in total. The maximum Gasteiger partial charge on any atom is 0.231 e. The molecule has 0 saturated carbocycles. The van der Waals surface area contributed by atoms with Gasteiger partial charge in [-0.1, -0.05) is 0 Å². The van der Waals surface area contributed by atoms with Crippen molar-refractivity contribution in [2.24, 2.45) is 0 Å². The third-order valence-corrected chi connectivity index (χ3v) is 2.34. The number of nitrogens with one attached hydrogen (secondary N) is 1. The fourth-order valence-corrected chi connectivity index (χ4v) is 1.67. The average Bonchev–Trinajstić information content (AvgIpc) is 2.65. The number of benzene rings is 1. The molecule has 0 aliphatic carbocycles. The largest absolute Gasteiger partial charge is 0.454 e. The van der Waals surface area contributed by atoms with Crippen molar-refractivity contribution < 1.29 is 9.47 Å². The van der Waals surface area contributed by atoms with Crippen molar-refractivity contribution in [1.29, 1.82) is 0 Å². The number of nitrogens with zero attached hydrogens (tertiary/aromatic N) is 1. The Bertz CT molecular complexity index is 415. The lowest BCUT2D eigenvalue weighted by molar-refractivity contribution is 0.173. The van der Waals surface area contributed by atoms with Crippen LogP contribution >= 0.6 is 0 Å². The molecule has 0 atom stereocenters. The molecule has 14 heavy (non-hydrogen) atoms. The van der Waals surface area contributed by atoms with Gasteiger partial charge in [0, 0.05) is 18.8 Å². The summed E-state index contributed by atoms with van der Waals surface area (Å²) in [5.74, 6) is 1.65. The molecule has 72 valence electrons. The van der Waals surface area contributed by atoms with Gasteiger partial charge < -0.3 is 9.47 Å². The monoisotopic (exact) mass is 190 g/mol. The van der Waals surface area contributed by atoms with Crippen LogP contribution < -0.4 is 14.9 Å². The molecule has 2 aliphatic rings. The zero-order chi connectivity index (χ0) is 9.54. The third kappa shape index (κ3) is 0.937. The van der Waals surface area contributed by atoms with Crippen molar-refractivity contribution in [3.05, 3.63) is 23.9 Å². The van der Waals surface area contributed by atoms with Gasteiger partial charge in [-0.25, -0.2) is 0 Å². The Labute approximate surface area is 81.7 Å². The number of hydrazine groups is 1. The van der Waals surface area contributed by atoms with Crippen LogP contribution in [0.25, 0.3) is 6.08 Å². The molecule has 1 aromatic rings. The highest BCUT2D eigenvalue weighted by atomic mass is 16.7. The Morgan fingerprint density at radius 2 is 2.29 bits per heavy atom. The summed E-state index contributed by atoms with van der Waals surface area (Å²) in [6.07, 6.45) is 3.96. The van der Waals surface area contributed by atoms with Crippen LogP contribution in [0.15, 0.2) is 18.3 Å². The topological polar surface area (TPSA) is 33.7 Å². The molecule has 0 fully saturated rings. The van der Waals surface area contributed by atoms with E-state index in [1.54, 1.807) is 0 Å². The number of ether oxygens (including phenoxy) is 2. The van der Waals surface area contributed by atoms with Crippen molar-refractivity contribution in [2.75, 3.05) is 19.3 Å². The van der Waals surface area contributed by atoms with E-state index >= 15 is 0 Å². The summed E-state index contributed by atoms with van der Waals surface area (Å²) < 4.78 is 10.7. The van der Waals surface area contributed by atoms with Gasteiger partial charge in [0.2, 0.25) is 6.79 Å². The van der Waals surface area contributed by atoms with Crippen molar-refractivity contribution in [2.45, 2.75) is 0 Å². The second kappa shape index (κ2) is 2.57. The Morgan fingerprint density at radius 1 is 1.36 bits per heavy atom. The summed E-state index contributed by atoms with van der Waals surface area (Å²) in [4.78, 5) is 0. The van der Waals surface area contributed by atoms with Crippen molar-refractivity contribution >= 4 is 11.8 Å². The fraction of sp³-hybridized carbons (Fsp3) is 0.200. The number of fused-ring (bicyclic) bond motifs is 3. The Kier molecular flexibility index (Phi) is 1.39. The fourth-order valence-electron chi connectivity index (χ4n) is 1.67. The number of hydrogen-bond acceptors (Lipinski definition) is 4. The highest BCUT2D eigenvalue weighted by molar-refractivity contribution is 5.77. The van der Waals surface area contributed by atoms with Gasteiger partial charge in [-0.2, -0.15) is 0 Å². The molecule has 0 saturated heterocycles. The zero-order valence-corrected chi connectivity index (χ0v) is 7.78. The standard InChI is InChI=1S/C10H10N2O2/c1-12-5-4-7-8(11-12)2-3-9-10(7)14-6-13-9/h2-5,11H,6H2,1H3. The van der Waals surface area contributed by atoms with E-state index in [0.717, 1.165) is 22.7 Å². The first-order chi connectivity index (χ1) is 6.84. The summed E-state index contributed by atoms with van der Waals surface area (Å²) in [6, 6.07) is 3.91. The maximum atomic E-state index is 5.40. The van der Waals surface area contributed by atoms with Crippen molar-refractivity contribution in [3.8, 4) is 11.5 Å². The minimum atomic E-state index is 0.315. The van der Waals surface area contributed by atoms with Gasteiger partial charge in [-0.05, 0) is 18.2 Å². The van der Waals surface area contributed by atoms with Crippen LogP contribution in [-0.2, 0) is 0 Å². The summed E-state index contributed by atoms with van der Waals surface area (Å²) in [5, 5.41) is 1.89. The van der Waals surface area contributed by atoms with Gasteiger partial charge in [0.05, 0.1) is 5.69 Å². The van der Waals surface area contributed by atoms with E-state index in [1.807, 2.05) is 36.5 Å².